The van der Waals surface area contributed by atoms with Crippen molar-refractivity contribution in [1.29, 1.82) is 0 Å². The second-order valence-electron chi connectivity index (χ2n) is 3.82. The maximum Gasteiger partial charge on any atom is 0.209 e. The van der Waals surface area contributed by atoms with Gasteiger partial charge in [-0.1, -0.05) is 37.7 Å². The van der Waals surface area contributed by atoms with E-state index >= 15 is 0 Å². The first-order chi connectivity index (χ1) is 8.20. The summed E-state index contributed by atoms with van der Waals surface area (Å²) in [5.41, 5.74) is 0.677. The number of phenols is 1. The Morgan fingerprint density at radius 2 is 2.18 bits per heavy atom. The summed E-state index contributed by atoms with van der Waals surface area (Å²) in [5.74, 6) is 0.817. The zero-order valence-corrected chi connectivity index (χ0v) is 10.7. The van der Waals surface area contributed by atoms with E-state index in [0.717, 1.165) is 11.6 Å². The van der Waals surface area contributed by atoms with Crippen LogP contribution in [0.25, 0.3) is 11.4 Å². The van der Waals surface area contributed by atoms with Crippen molar-refractivity contribution in [2.24, 2.45) is 0 Å². The Hall–Kier alpha value is -1.49. The largest absolute Gasteiger partial charge is 0.507 e. The average molecular weight is 249 g/mol. The van der Waals surface area contributed by atoms with E-state index in [4.69, 9.17) is 0 Å². The second kappa shape index (κ2) is 5.23. The number of nitrogens with zero attached hydrogens (tertiary/aromatic N) is 2. The van der Waals surface area contributed by atoms with Crippen molar-refractivity contribution in [3.63, 3.8) is 0 Å². The smallest absolute Gasteiger partial charge is 0.209 e. The van der Waals surface area contributed by atoms with E-state index < -0.39 is 0 Å². The van der Waals surface area contributed by atoms with Crippen LogP contribution in [0.3, 0.4) is 0 Å². The second-order valence-corrected chi connectivity index (χ2v) is 5.23. The molecule has 1 aromatic carbocycles. The fourth-order valence-corrected chi connectivity index (χ4v) is 2.13. The summed E-state index contributed by atoms with van der Waals surface area (Å²) in [6.07, 6.45) is 1.07. The monoisotopic (exact) mass is 249 g/mol. The van der Waals surface area contributed by atoms with Gasteiger partial charge in [-0.05, 0) is 18.6 Å². The molecular weight excluding hydrogens is 234 g/mol. The van der Waals surface area contributed by atoms with Crippen LogP contribution in [-0.2, 0) is 0 Å². The summed E-state index contributed by atoms with van der Waals surface area (Å²) < 4.78 is 0. The number of thioether (sulfide) groups is 1. The van der Waals surface area contributed by atoms with Crippen molar-refractivity contribution in [1.82, 2.24) is 15.2 Å². The Morgan fingerprint density at radius 1 is 1.41 bits per heavy atom. The molecule has 1 heterocycles. The van der Waals surface area contributed by atoms with Crippen molar-refractivity contribution in [3.8, 4) is 17.1 Å². The van der Waals surface area contributed by atoms with Gasteiger partial charge in [-0.2, -0.15) is 0 Å². The van der Waals surface area contributed by atoms with Gasteiger partial charge in [0, 0.05) is 5.25 Å². The number of hydrogen-bond acceptors (Lipinski definition) is 4. The molecule has 0 aliphatic heterocycles. The molecule has 0 amide bonds. The molecule has 0 saturated carbocycles. The molecule has 17 heavy (non-hydrogen) atoms. The number of para-hydroxylation sites is 1. The van der Waals surface area contributed by atoms with E-state index in [2.05, 4.69) is 29.0 Å². The zero-order chi connectivity index (χ0) is 12.3. The fourth-order valence-electron chi connectivity index (χ4n) is 1.36. The molecule has 2 rings (SSSR count). The van der Waals surface area contributed by atoms with Gasteiger partial charge in [0.05, 0.1) is 5.56 Å². The molecule has 5 heteroatoms. The van der Waals surface area contributed by atoms with E-state index in [0.29, 0.717) is 16.6 Å². The molecule has 4 nitrogen and oxygen atoms in total. The maximum atomic E-state index is 9.71. The lowest BCUT2D eigenvalue weighted by Gasteiger charge is -2.02. The Morgan fingerprint density at radius 3 is 2.88 bits per heavy atom. The number of H-pyrrole nitrogens is 1. The molecule has 2 aromatic rings. The van der Waals surface area contributed by atoms with Crippen LogP contribution in [-0.4, -0.2) is 25.5 Å². The molecule has 0 aliphatic carbocycles. The molecule has 0 bridgehead atoms. The number of benzene rings is 1. The summed E-state index contributed by atoms with van der Waals surface area (Å²) in [5, 5.41) is 17.9. The SMILES string of the molecule is CC[C@H](C)Sc1n[nH]c(-c2ccccc2O)n1. The minimum absolute atomic E-state index is 0.212. The molecule has 2 N–H and O–H groups in total. The molecule has 1 aromatic heterocycles. The molecule has 0 fully saturated rings. The average Bonchev–Trinajstić information content (AvgIpc) is 2.78. The van der Waals surface area contributed by atoms with Crippen LogP contribution in [0.15, 0.2) is 29.4 Å². The summed E-state index contributed by atoms with van der Waals surface area (Å²) in [4.78, 5) is 4.37. The number of hydrogen-bond donors (Lipinski definition) is 2. The van der Waals surface area contributed by atoms with Crippen molar-refractivity contribution in [2.75, 3.05) is 0 Å². The number of nitrogens with one attached hydrogen (secondary N) is 1. The lowest BCUT2D eigenvalue weighted by Crippen LogP contribution is -1.92. The highest BCUT2D eigenvalue weighted by Gasteiger charge is 2.11. The first-order valence-corrected chi connectivity index (χ1v) is 6.46. The summed E-state index contributed by atoms with van der Waals surface area (Å²) in [7, 11) is 0. The zero-order valence-electron chi connectivity index (χ0n) is 9.84. The first-order valence-electron chi connectivity index (χ1n) is 5.58. The lowest BCUT2D eigenvalue weighted by molar-refractivity contribution is 0.477. The first kappa shape index (κ1) is 12.0. The standard InChI is InChI=1S/C12H15N3OS/c1-3-8(2)17-12-13-11(14-15-12)9-6-4-5-7-10(9)16/h4-8,16H,3H2,1-2H3,(H,13,14,15)/t8-/m0/s1. The van der Waals surface area contributed by atoms with Crippen molar-refractivity contribution < 1.29 is 5.11 Å². The van der Waals surface area contributed by atoms with Crippen molar-refractivity contribution in [3.05, 3.63) is 24.3 Å². The quantitative estimate of drug-likeness (QED) is 0.817. The van der Waals surface area contributed by atoms with E-state index in [1.54, 1.807) is 23.9 Å². The van der Waals surface area contributed by atoms with Gasteiger partial charge in [-0.25, -0.2) is 4.98 Å². The number of aromatic nitrogens is 3. The normalized spacial score (nSPS) is 12.6. The highest BCUT2D eigenvalue weighted by Crippen LogP contribution is 2.28. The number of rotatable bonds is 4. The van der Waals surface area contributed by atoms with Crippen LogP contribution >= 0.6 is 11.8 Å². The third kappa shape index (κ3) is 2.79. The van der Waals surface area contributed by atoms with E-state index in [-0.39, 0.29) is 5.75 Å². The van der Waals surface area contributed by atoms with Gasteiger partial charge < -0.3 is 5.11 Å². The number of aromatic amines is 1. The molecule has 1 atom stereocenters. The van der Waals surface area contributed by atoms with Gasteiger partial charge in [0.1, 0.15) is 5.75 Å². The molecule has 0 unspecified atom stereocenters. The summed E-state index contributed by atoms with van der Waals surface area (Å²) in [6.45, 7) is 4.27. The molecule has 0 spiro atoms. The predicted molar refractivity (Wildman–Crippen MR) is 69.1 cm³/mol. The molecule has 0 aliphatic rings. The van der Waals surface area contributed by atoms with Crippen LogP contribution in [0.1, 0.15) is 20.3 Å². The topological polar surface area (TPSA) is 61.8 Å². The summed E-state index contributed by atoms with van der Waals surface area (Å²) in [6, 6.07) is 7.09. The van der Waals surface area contributed by atoms with Crippen LogP contribution in [0, 0.1) is 0 Å². The van der Waals surface area contributed by atoms with Gasteiger partial charge in [-0.3, -0.25) is 5.10 Å². The lowest BCUT2D eigenvalue weighted by atomic mass is 10.2. The van der Waals surface area contributed by atoms with Gasteiger partial charge in [0.2, 0.25) is 5.16 Å². The maximum absolute atomic E-state index is 9.71. The number of aromatic hydroxyl groups is 1. The highest BCUT2D eigenvalue weighted by atomic mass is 32.2. The Labute approximate surface area is 104 Å². The van der Waals surface area contributed by atoms with Gasteiger partial charge >= 0.3 is 0 Å². The molecule has 90 valence electrons. The Balaban J connectivity index is 2.21. The van der Waals surface area contributed by atoms with Crippen LogP contribution in [0.2, 0.25) is 0 Å². The highest BCUT2D eigenvalue weighted by molar-refractivity contribution is 7.99. The van der Waals surface area contributed by atoms with Gasteiger partial charge in [-0.15, -0.1) is 5.10 Å². The van der Waals surface area contributed by atoms with Crippen LogP contribution in [0.5, 0.6) is 5.75 Å². The third-order valence-corrected chi connectivity index (χ3v) is 3.63. The van der Waals surface area contributed by atoms with Crippen molar-refractivity contribution >= 4 is 11.8 Å². The minimum atomic E-state index is 0.212. The predicted octanol–water partition coefficient (Wildman–Crippen LogP) is 3.07. The fraction of sp³-hybridized carbons (Fsp3) is 0.333. The third-order valence-electron chi connectivity index (χ3n) is 2.51. The van der Waals surface area contributed by atoms with E-state index in [9.17, 15) is 5.11 Å². The molecule has 0 radical (unpaired) electrons. The Bertz CT molecular complexity index is 498. The summed E-state index contributed by atoms with van der Waals surface area (Å²) >= 11 is 1.63. The van der Waals surface area contributed by atoms with Crippen LogP contribution in [0.4, 0.5) is 0 Å². The van der Waals surface area contributed by atoms with Gasteiger partial charge in [0.15, 0.2) is 5.82 Å². The van der Waals surface area contributed by atoms with E-state index in [1.165, 1.54) is 0 Å². The molecular formula is C12H15N3OS. The van der Waals surface area contributed by atoms with Gasteiger partial charge in [0.25, 0.3) is 0 Å². The molecule has 0 saturated heterocycles. The van der Waals surface area contributed by atoms with Crippen LogP contribution < -0.4 is 0 Å². The van der Waals surface area contributed by atoms with Crippen molar-refractivity contribution in [2.45, 2.75) is 30.7 Å². The number of phenolic OH excluding ortho intramolecular Hbond substituents is 1. The van der Waals surface area contributed by atoms with E-state index in [1.807, 2.05) is 12.1 Å². The minimum Gasteiger partial charge on any atom is -0.507 e. The Kier molecular flexibility index (Phi) is 3.68.